The van der Waals surface area contributed by atoms with Crippen molar-refractivity contribution in [2.45, 2.75) is 6.42 Å². The molecular weight excluding hydrogens is 258 g/mol. The van der Waals surface area contributed by atoms with Crippen molar-refractivity contribution in [2.24, 2.45) is 0 Å². The van der Waals surface area contributed by atoms with Crippen molar-refractivity contribution in [3.8, 4) is 11.4 Å². The molecule has 0 amide bonds. The number of methoxy groups -OCH3 is 1. The highest BCUT2D eigenvalue weighted by Crippen LogP contribution is 2.20. The minimum Gasteiger partial charge on any atom is -0.377 e. The van der Waals surface area contributed by atoms with Gasteiger partial charge in [0.05, 0.1) is 12.0 Å². The number of ketones is 1. The van der Waals surface area contributed by atoms with Gasteiger partial charge in [0.1, 0.15) is 18.2 Å². The maximum Gasteiger partial charge on any atom is 0.234 e. The van der Waals surface area contributed by atoms with Gasteiger partial charge in [0.2, 0.25) is 11.7 Å². The third kappa shape index (κ3) is 3.19. The standard InChI is InChI=1S/C12H10F2N2O3/c1-18-6-8(17)5-11-15-12(16-19-11)9-4-7(13)2-3-10(9)14/h2-4H,5-6H2,1H3. The SMILES string of the molecule is COCC(=O)Cc1nc(-c2cc(F)ccc2F)no1. The minimum atomic E-state index is -0.669. The van der Waals surface area contributed by atoms with Gasteiger partial charge < -0.3 is 9.26 Å². The van der Waals surface area contributed by atoms with Crippen LogP contribution in [0.2, 0.25) is 0 Å². The van der Waals surface area contributed by atoms with Crippen LogP contribution in [0.3, 0.4) is 0 Å². The smallest absolute Gasteiger partial charge is 0.234 e. The van der Waals surface area contributed by atoms with Gasteiger partial charge in [-0.2, -0.15) is 4.98 Å². The minimum absolute atomic E-state index is 0.0284. The molecule has 5 nitrogen and oxygen atoms in total. The van der Waals surface area contributed by atoms with E-state index in [2.05, 4.69) is 14.9 Å². The van der Waals surface area contributed by atoms with Gasteiger partial charge in [-0.25, -0.2) is 8.78 Å². The summed E-state index contributed by atoms with van der Waals surface area (Å²) >= 11 is 0. The number of ether oxygens (including phenoxy) is 1. The molecule has 0 bridgehead atoms. The molecule has 2 rings (SSSR count). The zero-order chi connectivity index (χ0) is 13.8. The number of hydrogen-bond donors (Lipinski definition) is 0. The molecule has 0 unspecified atom stereocenters. The molecule has 19 heavy (non-hydrogen) atoms. The van der Waals surface area contributed by atoms with Crippen LogP contribution in [-0.4, -0.2) is 29.6 Å². The van der Waals surface area contributed by atoms with Crippen LogP contribution < -0.4 is 0 Å². The van der Waals surface area contributed by atoms with Gasteiger partial charge in [-0.3, -0.25) is 4.79 Å². The molecule has 0 N–H and O–H groups in total. The van der Waals surface area contributed by atoms with E-state index in [0.29, 0.717) is 0 Å². The largest absolute Gasteiger partial charge is 0.377 e. The van der Waals surface area contributed by atoms with Crippen LogP contribution in [0.15, 0.2) is 22.7 Å². The first-order valence-electron chi connectivity index (χ1n) is 5.39. The van der Waals surface area contributed by atoms with E-state index in [0.717, 1.165) is 18.2 Å². The lowest BCUT2D eigenvalue weighted by Gasteiger charge is -1.96. The van der Waals surface area contributed by atoms with E-state index in [1.54, 1.807) is 0 Å². The molecule has 0 saturated carbocycles. The average molecular weight is 268 g/mol. The quantitative estimate of drug-likeness (QED) is 0.826. The molecule has 0 aliphatic carbocycles. The van der Waals surface area contributed by atoms with Crippen molar-refractivity contribution in [1.82, 2.24) is 10.1 Å². The van der Waals surface area contributed by atoms with Gasteiger partial charge in [-0.1, -0.05) is 5.16 Å². The predicted molar refractivity (Wildman–Crippen MR) is 60.2 cm³/mol. The van der Waals surface area contributed by atoms with Gasteiger partial charge in [0.15, 0.2) is 5.78 Å². The van der Waals surface area contributed by atoms with Crippen molar-refractivity contribution in [3.05, 3.63) is 35.7 Å². The normalized spacial score (nSPS) is 10.7. The number of hydrogen-bond acceptors (Lipinski definition) is 5. The van der Waals surface area contributed by atoms with Gasteiger partial charge in [0.25, 0.3) is 0 Å². The van der Waals surface area contributed by atoms with Crippen LogP contribution in [0.5, 0.6) is 0 Å². The summed E-state index contributed by atoms with van der Waals surface area (Å²) < 4.78 is 36.0. The van der Waals surface area contributed by atoms with Crippen molar-refractivity contribution in [2.75, 3.05) is 13.7 Å². The van der Waals surface area contributed by atoms with E-state index in [4.69, 9.17) is 4.52 Å². The first-order chi connectivity index (χ1) is 9.10. The molecular formula is C12H10F2N2O3. The summed E-state index contributed by atoms with van der Waals surface area (Å²) in [5.74, 6) is -1.61. The number of benzene rings is 1. The maximum atomic E-state index is 13.5. The highest BCUT2D eigenvalue weighted by atomic mass is 19.1. The van der Waals surface area contributed by atoms with Gasteiger partial charge in [0, 0.05) is 7.11 Å². The Kier molecular flexibility index (Phi) is 3.96. The van der Waals surface area contributed by atoms with Crippen molar-refractivity contribution < 1.29 is 22.8 Å². The summed E-state index contributed by atoms with van der Waals surface area (Å²) in [6.07, 6.45) is -0.113. The Bertz CT molecular complexity index is 598. The number of halogens is 2. The number of carbonyl (C=O) groups excluding carboxylic acids is 1. The highest BCUT2D eigenvalue weighted by Gasteiger charge is 2.15. The summed E-state index contributed by atoms with van der Waals surface area (Å²) in [4.78, 5) is 15.1. The number of nitrogens with zero attached hydrogens (tertiary/aromatic N) is 2. The number of rotatable bonds is 5. The van der Waals surface area contributed by atoms with E-state index in [1.807, 2.05) is 0 Å². The summed E-state index contributed by atoms with van der Waals surface area (Å²) in [6.45, 7) is -0.0773. The summed E-state index contributed by atoms with van der Waals surface area (Å²) in [7, 11) is 1.39. The number of aromatic nitrogens is 2. The van der Waals surface area contributed by atoms with E-state index in [9.17, 15) is 13.6 Å². The Morgan fingerprint density at radius 2 is 2.21 bits per heavy atom. The van der Waals surface area contributed by atoms with Crippen LogP contribution in [0, 0.1) is 11.6 Å². The zero-order valence-electron chi connectivity index (χ0n) is 10.0. The monoisotopic (exact) mass is 268 g/mol. The van der Waals surface area contributed by atoms with E-state index < -0.39 is 11.6 Å². The van der Waals surface area contributed by atoms with Gasteiger partial charge >= 0.3 is 0 Å². The fourth-order valence-electron chi connectivity index (χ4n) is 1.49. The average Bonchev–Trinajstić information content (AvgIpc) is 2.81. The van der Waals surface area contributed by atoms with Crippen LogP contribution >= 0.6 is 0 Å². The molecule has 7 heteroatoms. The van der Waals surface area contributed by atoms with Crippen molar-refractivity contribution in [3.63, 3.8) is 0 Å². The second kappa shape index (κ2) is 5.66. The molecule has 0 radical (unpaired) electrons. The molecule has 0 aliphatic heterocycles. The van der Waals surface area contributed by atoms with Crippen molar-refractivity contribution >= 4 is 5.78 Å². The molecule has 2 aromatic rings. The van der Waals surface area contributed by atoms with Crippen LogP contribution in [0.25, 0.3) is 11.4 Å². The Hall–Kier alpha value is -2.15. The first kappa shape index (κ1) is 13.3. The van der Waals surface area contributed by atoms with Gasteiger partial charge in [-0.15, -0.1) is 0 Å². The van der Waals surface area contributed by atoms with Crippen LogP contribution in [0.4, 0.5) is 8.78 Å². The molecule has 0 spiro atoms. The molecule has 1 aromatic heterocycles. The van der Waals surface area contributed by atoms with Gasteiger partial charge in [-0.05, 0) is 18.2 Å². The summed E-state index contributed by atoms with van der Waals surface area (Å²) in [5, 5.41) is 3.52. The molecule has 100 valence electrons. The lowest BCUT2D eigenvalue weighted by atomic mass is 10.2. The van der Waals surface area contributed by atoms with Crippen molar-refractivity contribution in [1.29, 1.82) is 0 Å². The molecule has 0 fully saturated rings. The summed E-state index contributed by atoms with van der Waals surface area (Å²) in [5.41, 5.74) is -0.116. The maximum absolute atomic E-state index is 13.5. The highest BCUT2D eigenvalue weighted by molar-refractivity contribution is 5.81. The Balaban J connectivity index is 2.21. The Labute approximate surface area is 107 Å². The third-order valence-electron chi connectivity index (χ3n) is 2.29. The number of carbonyl (C=O) groups is 1. The fourth-order valence-corrected chi connectivity index (χ4v) is 1.49. The lowest BCUT2D eigenvalue weighted by Crippen LogP contribution is -2.09. The molecule has 0 atom stereocenters. The Morgan fingerprint density at radius 3 is 2.95 bits per heavy atom. The van der Waals surface area contributed by atoms with E-state index in [1.165, 1.54) is 7.11 Å². The fraction of sp³-hybridized carbons (Fsp3) is 0.250. The zero-order valence-corrected chi connectivity index (χ0v) is 10.0. The molecule has 1 heterocycles. The molecule has 1 aromatic carbocycles. The molecule has 0 saturated heterocycles. The van der Waals surface area contributed by atoms with Crippen LogP contribution in [-0.2, 0) is 16.0 Å². The third-order valence-corrected chi connectivity index (χ3v) is 2.29. The topological polar surface area (TPSA) is 65.2 Å². The van der Waals surface area contributed by atoms with E-state index >= 15 is 0 Å². The second-order valence-electron chi connectivity index (χ2n) is 3.78. The second-order valence-corrected chi connectivity index (χ2v) is 3.78. The Morgan fingerprint density at radius 1 is 1.42 bits per heavy atom. The lowest BCUT2D eigenvalue weighted by molar-refractivity contribution is -0.122. The summed E-state index contributed by atoms with van der Waals surface area (Å²) in [6, 6.07) is 2.92. The number of Topliss-reactive ketones (excluding diaryl/α,β-unsaturated/α-hetero) is 1. The van der Waals surface area contributed by atoms with Crippen LogP contribution in [0.1, 0.15) is 5.89 Å². The predicted octanol–water partition coefficient (Wildman–Crippen LogP) is 1.77. The van der Waals surface area contributed by atoms with E-state index in [-0.39, 0.29) is 36.1 Å². The first-order valence-corrected chi connectivity index (χ1v) is 5.39. The molecule has 0 aliphatic rings.